The van der Waals surface area contributed by atoms with Crippen LogP contribution in [0.2, 0.25) is 0 Å². The summed E-state index contributed by atoms with van der Waals surface area (Å²) in [5.74, 6) is 0. The molecule has 0 aromatic carbocycles. The Hall–Kier alpha value is -0.340. The monoisotopic (exact) mass is 143 g/mol. The average Bonchev–Trinajstić information content (AvgIpc) is 1.99. The highest BCUT2D eigenvalue weighted by Crippen LogP contribution is 1.86. The van der Waals surface area contributed by atoms with E-state index in [4.69, 9.17) is 5.11 Å². The van der Waals surface area contributed by atoms with E-state index >= 15 is 0 Å². The van der Waals surface area contributed by atoms with Crippen molar-refractivity contribution in [1.29, 1.82) is 0 Å². The zero-order chi connectivity index (χ0) is 7.82. The highest BCUT2D eigenvalue weighted by molar-refractivity contribution is 4.84. The van der Waals surface area contributed by atoms with Crippen molar-refractivity contribution >= 4 is 0 Å². The maximum Gasteiger partial charge on any atom is 0.0620 e. The van der Waals surface area contributed by atoms with Crippen LogP contribution in [-0.4, -0.2) is 24.3 Å². The Bertz CT molecular complexity index is 83.3. The molecule has 10 heavy (non-hydrogen) atoms. The summed E-state index contributed by atoms with van der Waals surface area (Å²) in [5, 5.41) is 11.8. The minimum Gasteiger partial charge on any atom is -0.394 e. The molecule has 2 heteroatoms. The first-order valence-electron chi connectivity index (χ1n) is 3.82. The van der Waals surface area contributed by atoms with Gasteiger partial charge >= 0.3 is 0 Å². The Morgan fingerprint density at radius 2 is 2.40 bits per heavy atom. The molecular weight excluding hydrogens is 126 g/mol. The van der Waals surface area contributed by atoms with Gasteiger partial charge in [-0.1, -0.05) is 19.4 Å². The van der Waals surface area contributed by atoms with Crippen LogP contribution in [0.25, 0.3) is 0 Å². The number of aliphatic hydroxyl groups is 1. The molecule has 0 spiro atoms. The van der Waals surface area contributed by atoms with Crippen LogP contribution >= 0.6 is 0 Å². The Balaban J connectivity index is 3.17. The molecule has 2 N–H and O–H groups in total. The van der Waals surface area contributed by atoms with Crippen molar-refractivity contribution < 1.29 is 5.11 Å². The predicted octanol–water partition coefficient (Wildman–Crippen LogP) is 0.923. The van der Waals surface area contributed by atoms with Gasteiger partial charge in [0.1, 0.15) is 0 Å². The molecule has 60 valence electrons. The molecule has 0 fully saturated rings. The van der Waals surface area contributed by atoms with Crippen molar-refractivity contribution in [3.8, 4) is 0 Å². The molecule has 0 aliphatic heterocycles. The van der Waals surface area contributed by atoms with E-state index in [-0.39, 0.29) is 12.6 Å². The molecule has 1 unspecified atom stereocenters. The van der Waals surface area contributed by atoms with Crippen molar-refractivity contribution in [1.82, 2.24) is 5.32 Å². The third kappa shape index (κ3) is 4.53. The molecule has 1 atom stereocenters. The van der Waals surface area contributed by atoms with Gasteiger partial charge in [-0.05, 0) is 13.0 Å². The van der Waals surface area contributed by atoms with Gasteiger partial charge in [-0.25, -0.2) is 0 Å². The quantitative estimate of drug-likeness (QED) is 0.428. The minimum atomic E-state index is 0.0755. The van der Waals surface area contributed by atoms with Crippen molar-refractivity contribution in [2.75, 3.05) is 13.2 Å². The lowest BCUT2D eigenvalue weighted by atomic mass is 10.3. The maximum absolute atomic E-state index is 8.69. The van der Waals surface area contributed by atoms with Crippen LogP contribution in [0.3, 0.4) is 0 Å². The van der Waals surface area contributed by atoms with Crippen LogP contribution in [-0.2, 0) is 0 Å². The third-order valence-corrected chi connectivity index (χ3v) is 1.42. The Kier molecular flexibility index (Phi) is 6.55. The molecule has 0 rings (SSSR count). The molecule has 0 aliphatic carbocycles. The fourth-order valence-electron chi connectivity index (χ4n) is 0.687. The fraction of sp³-hybridized carbons (Fsp3) is 0.750. The molecular formula is C8H17NO. The summed E-state index contributed by atoms with van der Waals surface area (Å²) < 4.78 is 0. The maximum atomic E-state index is 8.69. The summed E-state index contributed by atoms with van der Waals surface area (Å²) in [6, 6.07) is 0.0755. The molecule has 0 radical (unpaired) electrons. The first-order chi connectivity index (χ1) is 4.85. The van der Waals surface area contributed by atoms with Crippen molar-refractivity contribution in [2.24, 2.45) is 0 Å². The van der Waals surface area contributed by atoms with Gasteiger partial charge < -0.3 is 10.4 Å². The van der Waals surface area contributed by atoms with Gasteiger partial charge in [0.25, 0.3) is 0 Å². The summed E-state index contributed by atoms with van der Waals surface area (Å²) in [6.45, 7) is 6.84. The van der Waals surface area contributed by atoms with E-state index in [9.17, 15) is 0 Å². The average molecular weight is 143 g/mol. The Morgan fingerprint density at radius 1 is 1.70 bits per heavy atom. The molecule has 0 heterocycles. The lowest BCUT2D eigenvalue weighted by molar-refractivity contribution is 0.264. The zero-order valence-electron chi connectivity index (χ0n) is 6.64. The zero-order valence-corrected chi connectivity index (χ0v) is 6.64. The number of nitrogens with one attached hydrogen (secondary N) is 1. The summed E-state index contributed by atoms with van der Waals surface area (Å²) >= 11 is 0. The summed E-state index contributed by atoms with van der Waals surface area (Å²) in [4.78, 5) is 0. The van der Waals surface area contributed by atoms with Crippen LogP contribution < -0.4 is 5.32 Å². The molecule has 0 bridgehead atoms. The number of unbranched alkanes of at least 4 members (excludes halogenated alkanes) is 1. The first-order valence-corrected chi connectivity index (χ1v) is 3.82. The van der Waals surface area contributed by atoms with Gasteiger partial charge in [0.15, 0.2) is 0 Å². The second-order valence-corrected chi connectivity index (χ2v) is 2.33. The summed E-state index contributed by atoms with van der Waals surface area (Å²) in [5.41, 5.74) is 0. The highest BCUT2D eigenvalue weighted by atomic mass is 16.3. The van der Waals surface area contributed by atoms with Crippen LogP contribution in [0, 0.1) is 0 Å². The van der Waals surface area contributed by atoms with Gasteiger partial charge in [0.05, 0.1) is 6.61 Å². The van der Waals surface area contributed by atoms with Crippen LogP contribution in [0.1, 0.15) is 19.8 Å². The van der Waals surface area contributed by atoms with E-state index in [1.54, 1.807) is 6.08 Å². The largest absolute Gasteiger partial charge is 0.394 e. The number of hydrogen-bond acceptors (Lipinski definition) is 2. The van der Waals surface area contributed by atoms with E-state index in [2.05, 4.69) is 18.8 Å². The van der Waals surface area contributed by atoms with Gasteiger partial charge in [-0.15, -0.1) is 6.58 Å². The second kappa shape index (κ2) is 6.78. The van der Waals surface area contributed by atoms with E-state index in [1.807, 2.05) is 0 Å². The normalized spacial score (nSPS) is 13.0. The fourth-order valence-corrected chi connectivity index (χ4v) is 0.687. The third-order valence-electron chi connectivity index (χ3n) is 1.42. The minimum absolute atomic E-state index is 0.0755. The number of hydrogen-bond donors (Lipinski definition) is 2. The topological polar surface area (TPSA) is 32.3 Å². The lowest BCUT2D eigenvalue weighted by Crippen LogP contribution is -2.30. The first kappa shape index (κ1) is 9.66. The van der Waals surface area contributed by atoms with Crippen molar-refractivity contribution in [3.63, 3.8) is 0 Å². The SMILES string of the molecule is C=CC(CO)NCCCC. The predicted molar refractivity (Wildman–Crippen MR) is 44.0 cm³/mol. The van der Waals surface area contributed by atoms with Crippen molar-refractivity contribution in [2.45, 2.75) is 25.8 Å². The highest BCUT2D eigenvalue weighted by Gasteiger charge is 1.97. The Morgan fingerprint density at radius 3 is 2.80 bits per heavy atom. The van der Waals surface area contributed by atoms with Crippen LogP contribution in [0.4, 0.5) is 0 Å². The van der Waals surface area contributed by atoms with Crippen molar-refractivity contribution in [3.05, 3.63) is 12.7 Å². The molecule has 0 aromatic rings. The number of aliphatic hydroxyl groups excluding tert-OH is 1. The van der Waals surface area contributed by atoms with Crippen LogP contribution in [0.15, 0.2) is 12.7 Å². The van der Waals surface area contributed by atoms with Gasteiger partial charge in [-0.2, -0.15) is 0 Å². The molecule has 0 aliphatic rings. The van der Waals surface area contributed by atoms with E-state index in [0.717, 1.165) is 13.0 Å². The van der Waals surface area contributed by atoms with Crippen LogP contribution in [0.5, 0.6) is 0 Å². The molecule has 0 aromatic heterocycles. The number of rotatable bonds is 6. The van der Waals surface area contributed by atoms with E-state index in [1.165, 1.54) is 6.42 Å². The smallest absolute Gasteiger partial charge is 0.0620 e. The van der Waals surface area contributed by atoms with Gasteiger partial charge in [0, 0.05) is 6.04 Å². The lowest BCUT2D eigenvalue weighted by Gasteiger charge is -2.09. The summed E-state index contributed by atoms with van der Waals surface area (Å²) in [6.07, 6.45) is 4.07. The molecule has 0 saturated carbocycles. The van der Waals surface area contributed by atoms with Gasteiger partial charge in [0.2, 0.25) is 0 Å². The van der Waals surface area contributed by atoms with Gasteiger partial charge in [-0.3, -0.25) is 0 Å². The van der Waals surface area contributed by atoms with E-state index in [0.29, 0.717) is 0 Å². The molecule has 0 amide bonds. The molecule has 2 nitrogen and oxygen atoms in total. The summed E-state index contributed by atoms with van der Waals surface area (Å²) in [7, 11) is 0. The standard InChI is InChI=1S/C8H17NO/c1-3-5-6-9-8(4-2)7-10/h4,8-10H,2-3,5-7H2,1H3. The second-order valence-electron chi connectivity index (χ2n) is 2.33. The molecule has 0 saturated heterocycles. The Labute approximate surface area is 62.9 Å². The van der Waals surface area contributed by atoms with E-state index < -0.39 is 0 Å².